The van der Waals surface area contributed by atoms with E-state index in [1.54, 1.807) is 0 Å². The van der Waals surface area contributed by atoms with Gasteiger partial charge in [-0.3, -0.25) is 9.69 Å². The van der Waals surface area contributed by atoms with E-state index < -0.39 is 0 Å². The van der Waals surface area contributed by atoms with Crippen molar-refractivity contribution in [3.63, 3.8) is 0 Å². The molecule has 0 aromatic rings. The molecule has 0 radical (unpaired) electrons. The van der Waals surface area contributed by atoms with Gasteiger partial charge in [0, 0.05) is 23.4 Å². The molecule has 0 amide bonds. The Morgan fingerprint density at radius 2 is 1.39 bits per heavy atom. The number of carbonyl (C=O) groups excluding carboxylic acids is 1. The van der Waals surface area contributed by atoms with Gasteiger partial charge in [0.05, 0.1) is 0 Å². The van der Waals surface area contributed by atoms with Crippen LogP contribution >= 0.6 is 0 Å². The number of carbonyl (C=O) groups is 1. The molecule has 0 aromatic heterocycles. The lowest BCUT2D eigenvalue weighted by atomic mass is 9.76. The third-order valence-corrected chi connectivity index (χ3v) is 6.27. The predicted molar refractivity (Wildman–Crippen MR) is 97.7 cm³/mol. The first-order valence-corrected chi connectivity index (χ1v) is 9.89. The third-order valence-electron chi connectivity index (χ3n) is 6.27. The molecule has 3 nitrogen and oxygen atoms in total. The molecule has 1 heterocycles. The second-order valence-electron chi connectivity index (χ2n) is 8.56. The summed E-state index contributed by atoms with van der Waals surface area (Å²) in [6.45, 7) is 15.8. The molecule has 0 bridgehead atoms. The minimum absolute atomic E-state index is 0.246. The van der Waals surface area contributed by atoms with Crippen LogP contribution in [0.2, 0.25) is 0 Å². The molecule has 0 N–H and O–H groups in total. The normalized spacial score (nSPS) is 28.3. The van der Waals surface area contributed by atoms with E-state index in [1.165, 1.54) is 12.8 Å². The quantitative estimate of drug-likeness (QED) is 0.765. The molecule has 1 saturated heterocycles. The Hall–Kier alpha value is -0.410. The van der Waals surface area contributed by atoms with Gasteiger partial charge in [-0.15, -0.1) is 0 Å². The maximum atomic E-state index is 12.9. The SMILES string of the molecule is CCN(CC)C1CCC(C(=O)C2CCN(C(C)(C)C)CC2)CC1. The molecule has 23 heavy (non-hydrogen) atoms. The first kappa shape index (κ1) is 18.9. The molecule has 3 heteroatoms. The van der Waals surface area contributed by atoms with Crippen LogP contribution in [-0.2, 0) is 4.79 Å². The van der Waals surface area contributed by atoms with Crippen molar-refractivity contribution >= 4 is 5.78 Å². The van der Waals surface area contributed by atoms with E-state index in [0.29, 0.717) is 17.6 Å². The fourth-order valence-electron chi connectivity index (χ4n) is 4.63. The molecule has 0 atom stereocenters. The van der Waals surface area contributed by atoms with Crippen LogP contribution in [0, 0.1) is 11.8 Å². The van der Waals surface area contributed by atoms with E-state index >= 15 is 0 Å². The average Bonchev–Trinajstić information content (AvgIpc) is 2.55. The Bertz CT molecular complexity index is 368. The fourth-order valence-corrected chi connectivity index (χ4v) is 4.63. The van der Waals surface area contributed by atoms with Crippen molar-refractivity contribution in [2.75, 3.05) is 26.2 Å². The summed E-state index contributed by atoms with van der Waals surface area (Å²) in [5.41, 5.74) is 0.246. The Morgan fingerprint density at radius 3 is 1.83 bits per heavy atom. The number of piperidine rings is 1. The Labute approximate surface area is 143 Å². The molecule has 0 spiro atoms. The number of rotatable bonds is 5. The molecule has 2 aliphatic rings. The summed E-state index contributed by atoms with van der Waals surface area (Å²) < 4.78 is 0. The lowest BCUT2D eigenvalue weighted by molar-refractivity contribution is -0.130. The first-order valence-electron chi connectivity index (χ1n) is 9.89. The van der Waals surface area contributed by atoms with Crippen molar-refractivity contribution in [2.45, 2.75) is 84.7 Å². The van der Waals surface area contributed by atoms with Crippen LogP contribution in [0.4, 0.5) is 0 Å². The highest BCUT2D eigenvalue weighted by Gasteiger charge is 2.35. The van der Waals surface area contributed by atoms with Crippen LogP contribution in [0.1, 0.15) is 73.1 Å². The summed E-state index contributed by atoms with van der Waals surface area (Å²) in [5.74, 6) is 1.29. The first-order chi connectivity index (χ1) is 10.9. The summed E-state index contributed by atoms with van der Waals surface area (Å²) in [5, 5.41) is 0. The highest BCUT2D eigenvalue weighted by atomic mass is 16.1. The molecule has 0 unspecified atom stereocenters. The number of nitrogens with zero attached hydrogens (tertiary/aromatic N) is 2. The largest absolute Gasteiger partial charge is 0.301 e. The molecule has 2 fully saturated rings. The Balaban J connectivity index is 1.80. The zero-order chi connectivity index (χ0) is 17.0. The zero-order valence-electron chi connectivity index (χ0n) is 16.1. The summed E-state index contributed by atoms with van der Waals surface area (Å²) in [4.78, 5) is 18.0. The molecule has 1 aliphatic heterocycles. The minimum Gasteiger partial charge on any atom is -0.301 e. The van der Waals surface area contributed by atoms with Gasteiger partial charge in [-0.1, -0.05) is 13.8 Å². The van der Waals surface area contributed by atoms with Gasteiger partial charge in [-0.2, -0.15) is 0 Å². The van der Waals surface area contributed by atoms with Crippen molar-refractivity contribution in [1.82, 2.24) is 9.80 Å². The van der Waals surface area contributed by atoms with E-state index in [2.05, 4.69) is 44.4 Å². The third kappa shape index (κ3) is 4.79. The standard InChI is InChI=1S/C20H38N2O/c1-6-21(7-2)18-10-8-16(9-11-18)19(23)17-12-14-22(15-13-17)20(3,4)5/h16-18H,6-15H2,1-5H3. The average molecular weight is 323 g/mol. The lowest BCUT2D eigenvalue weighted by Gasteiger charge is -2.42. The van der Waals surface area contributed by atoms with E-state index in [4.69, 9.17) is 0 Å². The van der Waals surface area contributed by atoms with Gasteiger partial charge in [-0.05, 0) is 85.5 Å². The van der Waals surface area contributed by atoms with Gasteiger partial charge in [-0.25, -0.2) is 0 Å². The van der Waals surface area contributed by atoms with E-state index in [0.717, 1.165) is 57.9 Å². The van der Waals surface area contributed by atoms with Gasteiger partial charge >= 0.3 is 0 Å². The topological polar surface area (TPSA) is 23.6 Å². The van der Waals surface area contributed by atoms with Crippen LogP contribution < -0.4 is 0 Å². The van der Waals surface area contributed by atoms with Crippen LogP contribution in [-0.4, -0.2) is 53.3 Å². The fraction of sp³-hybridized carbons (Fsp3) is 0.950. The van der Waals surface area contributed by atoms with Gasteiger partial charge in [0.25, 0.3) is 0 Å². The maximum Gasteiger partial charge on any atom is 0.139 e. The van der Waals surface area contributed by atoms with Crippen LogP contribution in [0.15, 0.2) is 0 Å². The monoisotopic (exact) mass is 322 g/mol. The number of likely N-dealkylation sites (tertiary alicyclic amines) is 1. The van der Waals surface area contributed by atoms with E-state index in [-0.39, 0.29) is 5.54 Å². The molecule has 134 valence electrons. The minimum atomic E-state index is 0.246. The van der Waals surface area contributed by atoms with Crippen molar-refractivity contribution in [3.05, 3.63) is 0 Å². The number of hydrogen-bond acceptors (Lipinski definition) is 3. The summed E-state index contributed by atoms with van der Waals surface area (Å²) >= 11 is 0. The number of Topliss-reactive ketones (excluding diaryl/α,β-unsaturated/α-hetero) is 1. The van der Waals surface area contributed by atoms with Crippen molar-refractivity contribution in [2.24, 2.45) is 11.8 Å². The molecule has 1 saturated carbocycles. The molecule has 0 aromatic carbocycles. The maximum absolute atomic E-state index is 12.9. The molecular formula is C20H38N2O. The Morgan fingerprint density at radius 1 is 0.913 bits per heavy atom. The van der Waals surface area contributed by atoms with Crippen molar-refractivity contribution < 1.29 is 4.79 Å². The predicted octanol–water partition coefficient (Wildman–Crippen LogP) is 3.97. The van der Waals surface area contributed by atoms with Crippen LogP contribution in [0.5, 0.6) is 0 Å². The van der Waals surface area contributed by atoms with E-state index in [9.17, 15) is 4.79 Å². The number of ketones is 1. The summed E-state index contributed by atoms with van der Waals surface area (Å²) in [6, 6.07) is 0.719. The van der Waals surface area contributed by atoms with Crippen LogP contribution in [0.25, 0.3) is 0 Å². The van der Waals surface area contributed by atoms with E-state index in [1.807, 2.05) is 0 Å². The number of hydrogen-bond donors (Lipinski definition) is 0. The summed E-state index contributed by atoms with van der Waals surface area (Å²) in [7, 11) is 0. The smallest absolute Gasteiger partial charge is 0.139 e. The van der Waals surface area contributed by atoms with Crippen molar-refractivity contribution in [3.8, 4) is 0 Å². The lowest BCUT2D eigenvalue weighted by Crippen LogP contribution is -2.48. The van der Waals surface area contributed by atoms with Gasteiger partial charge in [0.1, 0.15) is 5.78 Å². The molecule has 1 aliphatic carbocycles. The highest BCUT2D eigenvalue weighted by molar-refractivity contribution is 5.83. The molecule has 2 rings (SSSR count). The second kappa shape index (κ2) is 8.11. The van der Waals surface area contributed by atoms with Crippen LogP contribution in [0.3, 0.4) is 0 Å². The second-order valence-corrected chi connectivity index (χ2v) is 8.56. The summed E-state index contributed by atoms with van der Waals surface area (Å²) in [6.07, 6.45) is 6.84. The highest BCUT2D eigenvalue weighted by Crippen LogP contribution is 2.33. The molecular weight excluding hydrogens is 284 g/mol. The zero-order valence-corrected chi connectivity index (χ0v) is 16.1. The Kier molecular flexibility index (Phi) is 6.67. The van der Waals surface area contributed by atoms with Gasteiger partial charge in [0.15, 0.2) is 0 Å². The van der Waals surface area contributed by atoms with Gasteiger partial charge < -0.3 is 4.90 Å². The van der Waals surface area contributed by atoms with Gasteiger partial charge in [0.2, 0.25) is 0 Å². The van der Waals surface area contributed by atoms with Crippen molar-refractivity contribution in [1.29, 1.82) is 0 Å².